The fourth-order valence-electron chi connectivity index (χ4n) is 1.89. The van der Waals surface area contributed by atoms with E-state index >= 15 is 0 Å². The van der Waals surface area contributed by atoms with E-state index in [1.54, 1.807) is 0 Å². The zero-order chi connectivity index (χ0) is 19.2. The topological polar surface area (TPSA) is 158 Å². The number of benzene rings is 1. The van der Waals surface area contributed by atoms with Crippen LogP contribution in [0.5, 0.6) is 0 Å². The van der Waals surface area contributed by atoms with Crippen molar-refractivity contribution in [3.8, 4) is 0 Å². The first kappa shape index (κ1) is 21.9. The van der Waals surface area contributed by atoms with Crippen LogP contribution in [0.25, 0.3) is 0 Å². The van der Waals surface area contributed by atoms with Crippen LogP contribution in [0.4, 0.5) is 9.59 Å². The number of ether oxygens (including phenoxy) is 1. The molecule has 25 heavy (non-hydrogen) atoms. The average molecular weight is 356 g/mol. The first-order valence-corrected chi connectivity index (χ1v) is 7.44. The quantitative estimate of drug-likeness (QED) is 0.457. The zero-order valence-electron chi connectivity index (χ0n) is 13.4. The summed E-state index contributed by atoms with van der Waals surface area (Å²) in [5, 5.41) is 31.9. The maximum atomic E-state index is 10.3. The largest absolute Gasteiger partial charge is 0.516 e. The van der Waals surface area contributed by atoms with Crippen molar-refractivity contribution in [2.24, 2.45) is 0 Å². The Morgan fingerprint density at radius 2 is 0.840 bits per heavy atom. The number of hydrogen-bond donors (Lipinski definition) is 4. The maximum Gasteiger partial charge on any atom is 0.516 e. The van der Waals surface area contributed by atoms with Gasteiger partial charge in [0.05, 0.1) is 11.1 Å². The molecular formula is C16H20O9. The SMILES string of the molecule is C1CCCCC1.O=C(O)OC(=O)O.O=C(O)c1ccc(C(=O)O)cc1. The molecule has 1 aromatic carbocycles. The fraction of sp³-hybridized carbons (Fsp3) is 0.375. The smallest absolute Gasteiger partial charge is 0.478 e. The van der Waals surface area contributed by atoms with E-state index in [9.17, 15) is 19.2 Å². The molecule has 0 aliphatic heterocycles. The van der Waals surface area contributed by atoms with E-state index in [0.29, 0.717) is 0 Å². The van der Waals surface area contributed by atoms with E-state index < -0.39 is 24.2 Å². The van der Waals surface area contributed by atoms with Crippen LogP contribution in [0.15, 0.2) is 24.3 Å². The van der Waals surface area contributed by atoms with Crippen molar-refractivity contribution in [2.75, 3.05) is 0 Å². The van der Waals surface area contributed by atoms with Gasteiger partial charge in [-0.3, -0.25) is 0 Å². The molecular weight excluding hydrogens is 336 g/mol. The third-order valence-electron chi connectivity index (χ3n) is 3.05. The third-order valence-corrected chi connectivity index (χ3v) is 3.05. The fourth-order valence-corrected chi connectivity index (χ4v) is 1.89. The first-order chi connectivity index (χ1) is 11.7. The van der Waals surface area contributed by atoms with Gasteiger partial charge >= 0.3 is 24.2 Å². The van der Waals surface area contributed by atoms with Crippen LogP contribution >= 0.6 is 0 Å². The lowest BCUT2D eigenvalue weighted by Gasteiger charge is -2.05. The Balaban J connectivity index is 0.000000377. The molecule has 0 bridgehead atoms. The molecule has 0 aromatic heterocycles. The minimum absolute atomic E-state index is 0.0833. The van der Waals surface area contributed by atoms with Gasteiger partial charge < -0.3 is 25.2 Å². The summed E-state index contributed by atoms with van der Waals surface area (Å²) >= 11 is 0. The lowest BCUT2D eigenvalue weighted by atomic mass is 10.0. The molecule has 0 heterocycles. The number of hydrogen-bond acceptors (Lipinski definition) is 5. The van der Waals surface area contributed by atoms with Crippen molar-refractivity contribution in [3.05, 3.63) is 35.4 Å². The molecule has 1 saturated carbocycles. The molecule has 1 aliphatic rings. The van der Waals surface area contributed by atoms with Gasteiger partial charge in [-0.1, -0.05) is 38.5 Å². The normalized spacial score (nSPS) is 12.3. The van der Waals surface area contributed by atoms with Crippen LogP contribution in [0, 0.1) is 0 Å². The van der Waals surface area contributed by atoms with Gasteiger partial charge in [0.25, 0.3) is 0 Å². The van der Waals surface area contributed by atoms with Gasteiger partial charge in [0, 0.05) is 0 Å². The Hall–Kier alpha value is -3.10. The lowest BCUT2D eigenvalue weighted by molar-refractivity contribution is 0.0681. The molecule has 4 N–H and O–H groups in total. The molecule has 9 heteroatoms. The predicted molar refractivity (Wildman–Crippen MR) is 85.2 cm³/mol. The summed E-state index contributed by atoms with van der Waals surface area (Å²) in [6.45, 7) is 0. The highest BCUT2D eigenvalue weighted by molar-refractivity contribution is 5.91. The van der Waals surface area contributed by atoms with Crippen LogP contribution in [0.2, 0.25) is 0 Å². The van der Waals surface area contributed by atoms with Crippen molar-refractivity contribution in [1.82, 2.24) is 0 Å². The van der Waals surface area contributed by atoms with Crippen molar-refractivity contribution in [2.45, 2.75) is 38.5 Å². The van der Waals surface area contributed by atoms with E-state index in [1.165, 1.54) is 62.8 Å². The molecule has 1 aromatic rings. The zero-order valence-corrected chi connectivity index (χ0v) is 13.4. The summed E-state index contributed by atoms with van der Waals surface area (Å²) in [5.74, 6) is -2.13. The van der Waals surface area contributed by atoms with Crippen LogP contribution in [0.1, 0.15) is 59.2 Å². The standard InChI is InChI=1S/C8H6O4.C6H12.C2H2O5/c9-7(10)5-1-2-6(4-3-5)8(11)12;1-2-4-6-5-3-1;3-1(4)7-2(5)6/h1-4H,(H,9,10)(H,11,12);1-6H2;(H,3,4)(H,5,6). The highest BCUT2D eigenvalue weighted by atomic mass is 16.7. The second kappa shape index (κ2) is 12.3. The van der Waals surface area contributed by atoms with E-state index in [4.69, 9.17) is 20.4 Å². The average Bonchev–Trinajstić information content (AvgIpc) is 2.56. The van der Waals surface area contributed by atoms with Crippen molar-refractivity contribution in [1.29, 1.82) is 0 Å². The van der Waals surface area contributed by atoms with Gasteiger partial charge in [-0.15, -0.1) is 0 Å². The molecule has 0 saturated heterocycles. The second-order valence-electron chi connectivity index (χ2n) is 4.94. The molecule has 0 atom stereocenters. The highest BCUT2D eigenvalue weighted by Crippen LogP contribution is 2.15. The first-order valence-electron chi connectivity index (χ1n) is 7.44. The summed E-state index contributed by atoms with van der Waals surface area (Å²) in [7, 11) is 0. The van der Waals surface area contributed by atoms with Gasteiger partial charge in [-0.2, -0.15) is 0 Å². The molecule has 0 amide bonds. The number of carboxylic acid groups (broad SMARTS) is 4. The Morgan fingerprint density at radius 1 is 0.600 bits per heavy atom. The number of carboxylic acids is 2. The minimum atomic E-state index is -1.81. The third kappa shape index (κ3) is 12.0. The summed E-state index contributed by atoms with van der Waals surface area (Å²) in [6.07, 6.45) is 5.38. The highest BCUT2D eigenvalue weighted by Gasteiger charge is 2.05. The van der Waals surface area contributed by atoms with Gasteiger partial charge in [-0.25, -0.2) is 19.2 Å². The van der Waals surface area contributed by atoms with E-state index in [1.807, 2.05) is 0 Å². The minimum Gasteiger partial charge on any atom is -0.478 e. The van der Waals surface area contributed by atoms with E-state index in [2.05, 4.69) is 4.74 Å². The van der Waals surface area contributed by atoms with Gasteiger partial charge in [0.2, 0.25) is 0 Å². The number of carbonyl (C=O) groups is 4. The Labute approximate surface area is 143 Å². The monoisotopic (exact) mass is 356 g/mol. The van der Waals surface area contributed by atoms with Crippen LogP contribution in [-0.2, 0) is 4.74 Å². The molecule has 0 spiro atoms. The molecule has 0 radical (unpaired) electrons. The second-order valence-corrected chi connectivity index (χ2v) is 4.94. The van der Waals surface area contributed by atoms with E-state index in [-0.39, 0.29) is 11.1 Å². The van der Waals surface area contributed by atoms with Crippen molar-refractivity contribution < 1.29 is 44.3 Å². The van der Waals surface area contributed by atoms with Gasteiger partial charge in [-0.05, 0) is 24.3 Å². The number of rotatable bonds is 2. The van der Waals surface area contributed by atoms with Crippen LogP contribution < -0.4 is 0 Å². The molecule has 138 valence electrons. The summed E-state index contributed by atoms with van der Waals surface area (Å²) in [6, 6.07) is 5.02. The molecule has 1 aliphatic carbocycles. The van der Waals surface area contributed by atoms with Crippen LogP contribution in [-0.4, -0.2) is 44.7 Å². The Kier molecular flexibility index (Phi) is 10.8. The molecule has 1 fully saturated rings. The van der Waals surface area contributed by atoms with Gasteiger partial charge in [0.15, 0.2) is 0 Å². The van der Waals surface area contributed by atoms with Crippen molar-refractivity contribution in [3.63, 3.8) is 0 Å². The van der Waals surface area contributed by atoms with Gasteiger partial charge in [0.1, 0.15) is 0 Å². The summed E-state index contributed by atoms with van der Waals surface area (Å²) < 4.78 is 3.08. The Bertz CT molecular complexity index is 517. The number of aromatic carboxylic acids is 2. The lowest BCUT2D eigenvalue weighted by Crippen LogP contribution is -2.05. The Morgan fingerprint density at radius 3 is 0.960 bits per heavy atom. The van der Waals surface area contributed by atoms with Crippen molar-refractivity contribution >= 4 is 24.2 Å². The predicted octanol–water partition coefficient (Wildman–Crippen LogP) is 3.78. The van der Waals surface area contributed by atoms with E-state index in [0.717, 1.165) is 0 Å². The molecule has 0 unspecified atom stereocenters. The maximum absolute atomic E-state index is 10.3. The summed E-state index contributed by atoms with van der Waals surface area (Å²) in [5.41, 5.74) is 0.167. The summed E-state index contributed by atoms with van der Waals surface area (Å²) in [4.78, 5) is 39.1. The molecule has 9 nitrogen and oxygen atoms in total. The molecule has 2 rings (SSSR count). The van der Waals surface area contributed by atoms with Crippen LogP contribution in [0.3, 0.4) is 0 Å².